The maximum absolute atomic E-state index is 10.7. The molecule has 0 spiro atoms. The SMILES string of the molecule is Cn1cccc(O)c1=O.Cn1cccc(O)c1=O.Cn1cccc(O)c1=O.[Ga]. The second kappa shape index (κ2) is 11.6. The zero-order valence-corrected chi connectivity index (χ0v) is 18.1. The molecule has 0 aliphatic carbocycles. The molecule has 10 heteroatoms. The molecule has 3 aromatic rings. The standard InChI is InChI=1S/3C6H7NO2.Ga/c3*1-7-4-2-3-5(8)6(7)9;/h3*2-4,8H,1H3;. The van der Waals surface area contributed by atoms with E-state index >= 15 is 0 Å². The van der Waals surface area contributed by atoms with E-state index in [0.717, 1.165) is 0 Å². The van der Waals surface area contributed by atoms with E-state index in [4.69, 9.17) is 15.3 Å². The molecule has 0 aliphatic rings. The second-order valence-corrected chi connectivity index (χ2v) is 5.43. The first-order valence-electron chi connectivity index (χ1n) is 7.69. The van der Waals surface area contributed by atoms with E-state index in [0.29, 0.717) is 0 Å². The van der Waals surface area contributed by atoms with Crippen molar-refractivity contribution in [3.8, 4) is 17.2 Å². The smallest absolute Gasteiger partial charge is 0.292 e. The molecule has 3 rings (SSSR count). The van der Waals surface area contributed by atoms with Gasteiger partial charge < -0.3 is 29.0 Å². The van der Waals surface area contributed by atoms with Gasteiger partial charge in [-0.15, -0.1) is 0 Å². The van der Waals surface area contributed by atoms with Crippen LogP contribution in [0.4, 0.5) is 0 Å². The van der Waals surface area contributed by atoms with Crippen molar-refractivity contribution in [2.24, 2.45) is 21.1 Å². The molecule has 3 N–H and O–H groups in total. The van der Waals surface area contributed by atoms with E-state index in [1.807, 2.05) is 0 Å². The first-order chi connectivity index (χ1) is 12.6. The topological polar surface area (TPSA) is 127 Å². The van der Waals surface area contributed by atoms with E-state index in [2.05, 4.69) is 0 Å². The minimum atomic E-state index is -0.363. The summed E-state index contributed by atoms with van der Waals surface area (Å²) in [5.41, 5.74) is -1.09. The van der Waals surface area contributed by atoms with Crippen LogP contribution in [-0.4, -0.2) is 48.8 Å². The number of aromatic nitrogens is 3. The van der Waals surface area contributed by atoms with E-state index in [-0.39, 0.29) is 53.7 Å². The molecule has 0 aliphatic heterocycles. The number of hydrogen-bond donors (Lipinski definition) is 3. The maximum Gasteiger partial charge on any atom is 0.292 e. The van der Waals surface area contributed by atoms with Crippen molar-refractivity contribution >= 4 is 19.8 Å². The van der Waals surface area contributed by atoms with E-state index in [1.165, 1.54) is 31.9 Å². The van der Waals surface area contributed by atoms with Crippen molar-refractivity contribution in [1.29, 1.82) is 0 Å². The number of rotatable bonds is 0. The van der Waals surface area contributed by atoms with Gasteiger partial charge in [0.15, 0.2) is 17.2 Å². The molecule has 0 amide bonds. The molecule has 0 bridgehead atoms. The van der Waals surface area contributed by atoms with Crippen LogP contribution in [0, 0.1) is 0 Å². The van der Waals surface area contributed by atoms with Gasteiger partial charge in [0.05, 0.1) is 0 Å². The van der Waals surface area contributed by atoms with Crippen LogP contribution < -0.4 is 16.7 Å². The molecule has 3 radical (unpaired) electrons. The van der Waals surface area contributed by atoms with Gasteiger partial charge in [-0.25, -0.2) is 0 Å². The quantitative estimate of drug-likeness (QED) is 0.415. The van der Waals surface area contributed by atoms with Crippen molar-refractivity contribution in [2.45, 2.75) is 0 Å². The molecule has 0 aromatic carbocycles. The predicted octanol–water partition coefficient (Wildman–Crippen LogP) is -0.108. The van der Waals surface area contributed by atoms with Crippen LogP contribution in [-0.2, 0) is 21.1 Å². The van der Waals surface area contributed by atoms with Gasteiger partial charge in [-0.1, -0.05) is 0 Å². The van der Waals surface area contributed by atoms with Crippen molar-refractivity contribution < 1.29 is 15.3 Å². The number of aromatic hydroxyl groups is 3. The monoisotopic (exact) mass is 444 g/mol. The van der Waals surface area contributed by atoms with Gasteiger partial charge in [0, 0.05) is 59.5 Å². The van der Waals surface area contributed by atoms with Crippen LogP contribution in [0.25, 0.3) is 0 Å². The Balaban J connectivity index is 0.000000384. The summed E-state index contributed by atoms with van der Waals surface area (Å²) in [6.45, 7) is 0. The van der Waals surface area contributed by atoms with Gasteiger partial charge >= 0.3 is 0 Å². The maximum atomic E-state index is 10.7. The van der Waals surface area contributed by atoms with Crippen molar-refractivity contribution in [1.82, 2.24) is 13.7 Å². The second-order valence-electron chi connectivity index (χ2n) is 5.43. The number of aryl methyl sites for hydroxylation is 3. The third kappa shape index (κ3) is 7.25. The molecule has 3 heterocycles. The number of hydrogen-bond acceptors (Lipinski definition) is 6. The van der Waals surface area contributed by atoms with Crippen LogP contribution in [0.1, 0.15) is 0 Å². The molecule has 9 nitrogen and oxygen atoms in total. The summed E-state index contributed by atoms with van der Waals surface area (Å²) in [7, 11) is 4.76. The van der Waals surface area contributed by atoms with Crippen molar-refractivity contribution in [2.75, 3.05) is 0 Å². The molecule has 0 unspecified atom stereocenters. The zero-order valence-electron chi connectivity index (χ0n) is 15.7. The molecular formula is C18H21GaN3O6. The average Bonchev–Trinajstić information content (AvgIpc) is 2.63. The van der Waals surface area contributed by atoms with Gasteiger partial charge in [-0.05, 0) is 36.4 Å². The number of pyridine rings is 3. The Bertz CT molecular complexity index is 865. The fraction of sp³-hybridized carbons (Fsp3) is 0.167. The molecule has 0 saturated carbocycles. The van der Waals surface area contributed by atoms with Crippen LogP contribution in [0.5, 0.6) is 17.2 Å². The Kier molecular flexibility index (Phi) is 10.3. The molecule has 0 saturated heterocycles. The number of nitrogens with zero attached hydrogens (tertiary/aromatic N) is 3. The Morgan fingerprint density at radius 2 is 0.786 bits per heavy atom. The molecule has 3 aromatic heterocycles. The molecule has 0 atom stereocenters. The zero-order chi connectivity index (χ0) is 20.6. The van der Waals surface area contributed by atoms with Gasteiger partial charge in [0.2, 0.25) is 0 Å². The fourth-order valence-corrected chi connectivity index (χ4v) is 1.75. The van der Waals surface area contributed by atoms with Crippen molar-refractivity contribution in [3.63, 3.8) is 0 Å². The Hall–Kier alpha value is -3.11. The Morgan fingerprint density at radius 3 is 0.929 bits per heavy atom. The Morgan fingerprint density at radius 1 is 0.571 bits per heavy atom. The van der Waals surface area contributed by atoms with Gasteiger partial charge in [0.1, 0.15) is 0 Å². The fourth-order valence-electron chi connectivity index (χ4n) is 1.75. The van der Waals surface area contributed by atoms with E-state index in [1.54, 1.807) is 57.9 Å². The Labute approximate surface area is 173 Å². The molecular weight excluding hydrogens is 424 g/mol. The first kappa shape index (κ1) is 24.9. The minimum absolute atomic E-state index is 0. The summed E-state index contributed by atoms with van der Waals surface area (Å²) < 4.78 is 3.94. The van der Waals surface area contributed by atoms with Gasteiger partial charge in [-0.3, -0.25) is 14.4 Å². The summed E-state index contributed by atoms with van der Waals surface area (Å²) in [6.07, 6.45) is 4.76. The third-order valence-electron chi connectivity index (χ3n) is 3.31. The normalized spacial score (nSPS) is 9.11. The predicted molar refractivity (Wildman–Crippen MR) is 106 cm³/mol. The van der Waals surface area contributed by atoms with Gasteiger partial charge in [0.25, 0.3) is 16.7 Å². The largest absolute Gasteiger partial charge is 0.503 e. The summed E-state index contributed by atoms with van der Waals surface area (Å²) in [5.74, 6) is -0.625. The van der Waals surface area contributed by atoms with Crippen LogP contribution in [0.3, 0.4) is 0 Å². The summed E-state index contributed by atoms with van der Waals surface area (Å²) in [5, 5.41) is 26.3. The molecule has 28 heavy (non-hydrogen) atoms. The molecule has 147 valence electrons. The first-order valence-corrected chi connectivity index (χ1v) is 7.69. The van der Waals surface area contributed by atoms with Crippen LogP contribution in [0.15, 0.2) is 69.4 Å². The van der Waals surface area contributed by atoms with E-state index in [9.17, 15) is 14.4 Å². The van der Waals surface area contributed by atoms with Crippen LogP contribution in [0.2, 0.25) is 0 Å². The summed E-state index contributed by atoms with van der Waals surface area (Å²) in [6, 6.07) is 8.91. The van der Waals surface area contributed by atoms with Gasteiger partial charge in [-0.2, -0.15) is 0 Å². The average molecular weight is 445 g/mol. The summed E-state index contributed by atoms with van der Waals surface area (Å²) in [4.78, 5) is 32.0. The minimum Gasteiger partial charge on any atom is -0.503 e. The summed E-state index contributed by atoms with van der Waals surface area (Å²) >= 11 is 0. The van der Waals surface area contributed by atoms with Crippen LogP contribution >= 0.6 is 0 Å². The van der Waals surface area contributed by atoms with E-state index < -0.39 is 0 Å². The third-order valence-corrected chi connectivity index (χ3v) is 3.31. The van der Waals surface area contributed by atoms with Crippen molar-refractivity contribution in [3.05, 3.63) is 86.1 Å². The molecule has 0 fully saturated rings.